The number of nitrogens with one attached hydrogen (secondary N) is 1. The molecule has 2 aliphatic rings. The van der Waals surface area contributed by atoms with Crippen LogP contribution in [0, 0.1) is 5.82 Å². The lowest BCUT2D eigenvalue weighted by atomic mass is 9.92. The number of carbonyl (C=O) groups excluding carboxylic acids is 1. The van der Waals surface area contributed by atoms with Crippen LogP contribution in [0.3, 0.4) is 0 Å². The lowest BCUT2D eigenvalue weighted by Crippen LogP contribution is -2.39. The molecule has 6 rings (SSSR count). The van der Waals surface area contributed by atoms with Gasteiger partial charge in [-0.05, 0) is 47.4 Å². The Hall–Kier alpha value is -3.93. The number of hydrogen-bond donors (Lipinski definition) is 1. The Kier molecular flexibility index (Phi) is 4.76. The van der Waals surface area contributed by atoms with E-state index in [1.807, 2.05) is 4.90 Å². The summed E-state index contributed by atoms with van der Waals surface area (Å²) in [6, 6.07) is 2.78. The van der Waals surface area contributed by atoms with Gasteiger partial charge in [0.15, 0.2) is 11.6 Å². The quantitative estimate of drug-likeness (QED) is 0.476. The third kappa shape index (κ3) is 3.29. The van der Waals surface area contributed by atoms with E-state index in [4.69, 9.17) is 11.6 Å². The average Bonchev–Trinajstić information content (AvgIpc) is 3.61. The molecule has 1 saturated heterocycles. The van der Waals surface area contributed by atoms with E-state index >= 15 is 4.39 Å². The van der Waals surface area contributed by atoms with Crippen molar-refractivity contribution in [1.82, 2.24) is 49.8 Å². The number of nitrogens with zero attached hydrogens (tertiary/aromatic N) is 9. The molecule has 1 fully saturated rings. The summed E-state index contributed by atoms with van der Waals surface area (Å²) in [5.41, 5.74) is 1.91. The van der Waals surface area contributed by atoms with Crippen molar-refractivity contribution in [3.63, 3.8) is 0 Å². The molecule has 1 amide bonds. The Morgan fingerprint density at radius 2 is 2.09 bits per heavy atom. The molecule has 0 spiro atoms. The second-order valence-electron chi connectivity index (χ2n) is 8.30. The fourth-order valence-corrected chi connectivity index (χ4v) is 4.94. The van der Waals surface area contributed by atoms with Crippen LogP contribution in [0.15, 0.2) is 37.1 Å². The number of fused-ring (bicyclic) bond motifs is 1. The maximum Gasteiger partial charge on any atom is 0.247 e. The number of aromatic amines is 1. The number of halogens is 2. The van der Waals surface area contributed by atoms with Crippen molar-refractivity contribution in [2.45, 2.75) is 31.3 Å². The van der Waals surface area contributed by atoms with Gasteiger partial charge < -0.3 is 9.88 Å². The van der Waals surface area contributed by atoms with Crippen molar-refractivity contribution < 1.29 is 9.18 Å². The molecule has 11 nitrogen and oxygen atoms in total. The topological polar surface area (TPSA) is 123 Å². The Morgan fingerprint density at radius 1 is 1.21 bits per heavy atom. The van der Waals surface area contributed by atoms with Crippen LogP contribution in [0.25, 0.3) is 22.8 Å². The van der Waals surface area contributed by atoms with Crippen LogP contribution < -0.4 is 0 Å². The maximum atomic E-state index is 15.2. The first kappa shape index (κ1) is 20.7. The standard InChI is InChI=1S/C21H18ClFN10O/c1-31-9-25-20(28-31)14-8-24-21(27-14)16-4-2-12-6-11(7-17(34)33(12)16)18-15(32-10-26-29-30-32)5-3-13(22)19(18)23/h3,5,7-10,12,16H,2,4,6H2,1H3,(H,24,27)/t12-,16-/m0/s1. The number of hydrogen-bond acceptors (Lipinski definition) is 7. The van der Waals surface area contributed by atoms with Crippen LogP contribution >= 0.6 is 11.6 Å². The third-order valence-corrected chi connectivity index (χ3v) is 6.54. The van der Waals surface area contributed by atoms with Gasteiger partial charge in [0.25, 0.3) is 0 Å². The molecule has 2 aliphatic heterocycles. The number of aromatic nitrogens is 9. The number of amides is 1. The molecule has 2 atom stereocenters. The molecule has 13 heteroatoms. The molecular weight excluding hydrogens is 463 g/mol. The van der Waals surface area contributed by atoms with Crippen molar-refractivity contribution >= 4 is 23.1 Å². The number of imidazole rings is 1. The summed E-state index contributed by atoms with van der Waals surface area (Å²) in [5, 5.41) is 15.4. The molecule has 0 aliphatic carbocycles. The monoisotopic (exact) mass is 480 g/mol. The molecule has 3 aromatic heterocycles. The highest BCUT2D eigenvalue weighted by Crippen LogP contribution is 2.44. The van der Waals surface area contributed by atoms with Gasteiger partial charge in [-0.25, -0.2) is 14.4 Å². The van der Waals surface area contributed by atoms with E-state index in [2.05, 4.69) is 35.6 Å². The molecule has 0 bridgehead atoms. The minimum Gasteiger partial charge on any atom is -0.338 e. The number of rotatable bonds is 4. The van der Waals surface area contributed by atoms with Gasteiger partial charge in [0.05, 0.1) is 22.9 Å². The summed E-state index contributed by atoms with van der Waals surface area (Å²) in [6.45, 7) is 0. The van der Waals surface area contributed by atoms with Gasteiger partial charge in [0.2, 0.25) is 5.91 Å². The number of tetrazole rings is 1. The first-order valence-electron chi connectivity index (χ1n) is 10.6. The molecule has 4 aromatic rings. The summed E-state index contributed by atoms with van der Waals surface area (Å²) in [4.78, 5) is 27.1. The van der Waals surface area contributed by atoms with Crippen LogP contribution in [0.5, 0.6) is 0 Å². The molecule has 5 heterocycles. The largest absolute Gasteiger partial charge is 0.338 e. The predicted molar refractivity (Wildman–Crippen MR) is 118 cm³/mol. The van der Waals surface area contributed by atoms with Crippen molar-refractivity contribution in [3.05, 3.63) is 59.3 Å². The molecule has 172 valence electrons. The Morgan fingerprint density at radius 3 is 2.85 bits per heavy atom. The van der Waals surface area contributed by atoms with E-state index in [-0.39, 0.29) is 28.6 Å². The van der Waals surface area contributed by atoms with Crippen LogP contribution in [0.4, 0.5) is 4.39 Å². The lowest BCUT2D eigenvalue weighted by Gasteiger charge is -2.33. The highest BCUT2D eigenvalue weighted by Gasteiger charge is 2.42. The van der Waals surface area contributed by atoms with Gasteiger partial charge in [-0.3, -0.25) is 9.48 Å². The van der Waals surface area contributed by atoms with Crippen molar-refractivity contribution in [3.8, 4) is 17.2 Å². The number of aryl methyl sites for hydroxylation is 1. The zero-order valence-corrected chi connectivity index (χ0v) is 18.7. The van der Waals surface area contributed by atoms with E-state index < -0.39 is 5.82 Å². The normalized spacial score (nSPS) is 20.0. The van der Waals surface area contributed by atoms with Gasteiger partial charge in [-0.2, -0.15) is 4.68 Å². The van der Waals surface area contributed by atoms with Crippen LogP contribution in [0.1, 0.15) is 36.7 Å². The van der Waals surface area contributed by atoms with E-state index in [1.54, 1.807) is 30.3 Å². The SMILES string of the molecule is Cn1cnc(-c2cnc([C@@H]3CC[C@H]4CC(c5c(-n6cnnn6)ccc(Cl)c5F)=CC(=O)N43)[nH]2)n1. The van der Waals surface area contributed by atoms with Gasteiger partial charge in [-0.1, -0.05) is 11.6 Å². The fourth-order valence-electron chi connectivity index (χ4n) is 4.79. The van der Waals surface area contributed by atoms with Gasteiger partial charge in [0, 0.05) is 24.7 Å². The summed E-state index contributed by atoms with van der Waals surface area (Å²) in [7, 11) is 1.79. The highest BCUT2D eigenvalue weighted by atomic mass is 35.5. The molecule has 34 heavy (non-hydrogen) atoms. The summed E-state index contributed by atoms with van der Waals surface area (Å²) < 4.78 is 18.2. The lowest BCUT2D eigenvalue weighted by molar-refractivity contribution is -0.129. The van der Waals surface area contributed by atoms with Crippen molar-refractivity contribution in [1.29, 1.82) is 0 Å². The number of H-pyrrole nitrogens is 1. The fraction of sp³-hybridized carbons (Fsp3) is 0.286. The molecule has 0 unspecified atom stereocenters. The molecule has 0 radical (unpaired) electrons. The van der Waals surface area contributed by atoms with Crippen LogP contribution in [-0.2, 0) is 11.8 Å². The number of carbonyl (C=O) groups is 1. The third-order valence-electron chi connectivity index (χ3n) is 6.25. The van der Waals surface area contributed by atoms with E-state index in [1.165, 1.54) is 23.2 Å². The molecule has 1 aromatic carbocycles. The molecule has 1 N–H and O–H groups in total. The van der Waals surface area contributed by atoms with Gasteiger partial charge in [0.1, 0.15) is 24.2 Å². The van der Waals surface area contributed by atoms with Crippen LogP contribution in [-0.4, -0.2) is 61.8 Å². The first-order chi connectivity index (χ1) is 16.5. The zero-order valence-electron chi connectivity index (χ0n) is 17.9. The second kappa shape index (κ2) is 7.83. The Labute approximate surface area is 197 Å². The number of benzene rings is 1. The van der Waals surface area contributed by atoms with E-state index in [0.717, 1.165) is 12.8 Å². The summed E-state index contributed by atoms with van der Waals surface area (Å²) in [6.07, 6.45) is 8.10. The maximum absolute atomic E-state index is 15.2. The Balaban J connectivity index is 1.34. The first-order valence-corrected chi connectivity index (χ1v) is 11.0. The summed E-state index contributed by atoms with van der Waals surface area (Å²) >= 11 is 6.09. The van der Waals surface area contributed by atoms with Crippen molar-refractivity contribution in [2.75, 3.05) is 0 Å². The zero-order chi connectivity index (χ0) is 23.4. The average molecular weight is 481 g/mol. The Bertz CT molecular complexity index is 1430. The predicted octanol–water partition coefficient (Wildman–Crippen LogP) is 2.49. The van der Waals surface area contributed by atoms with Crippen LogP contribution in [0.2, 0.25) is 5.02 Å². The second-order valence-corrected chi connectivity index (χ2v) is 8.71. The van der Waals surface area contributed by atoms with Crippen molar-refractivity contribution in [2.24, 2.45) is 7.05 Å². The molecule has 0 saturated carbocycles. The minimum atomic E-state index is -0.602. The summed E-state index contributed by atoms with van der Waals surface area (Å²) in [5.74, 6) is 0.410. The van der Waals surface area contributed by atoms with E-state index in [9.17, 15) is 4.79 Å². The van der Waals surface area contributed by atoms with E-state index in [0.29, 0.717) is 35.0 Å². The highest BCUT2D eigenvalue weighted by molar-refractivity contribution is 6.31. The van der Waals surface area contributed by atoms with Gasteiger partial charge >= 0.3 is 0 Å². The van der Waals surface area contributed by atoms with Gasteiger partial charge in [-0.15, -0.1) is 10.2 Å². The smallest absolute Gasteiger partial charge is 0.247 e. The molecular formula is C21H18ClFN10O. The minimum absolute atomic E-state index is 0.0295.